The molecule has 0 amide bonds. The number of aromatic nitrogens is 2. The van der Waals surface area contributed by atoms with E-state index in [1.54, 1.807) is 18.2 Å². The Morgan fingerprint density at radius 2 is 2.00 bits per heavy atom. The van der Waals surface area contributed by atoms with Gasteiger partial charge in [0.25, 0.3) is 5.56 Å². The van der Waals surface area contributed by atoms with Crippen LogP contribution >= 0.6 is 0 Å². The molecule has 0 aliphatic carbocycles. The van der Waals surface area contributed by atoms with Crippen molar-refractivity contribution in [3.05, 3.63) is 51.2 Å². The molecule has 2 heterocycles. The summed E-state index contributed by atoms with van der Waals surface area (Å²) in [5.74, 6) is 0.894. The Kier molecular flexibility index (Phi) is 3.31. The minimum atomic E-state index is -4.69. The van der Waals surface area contributed by atoms with Crippen LogP contribution in [0.3, 0.4) is 0 Å². The molecule has 3 rings (SSSR count). The predicted octanol–water partition coefficient (Wildman–Crippen LogP) is 2.42. The van der Waals surface area contributed by atoms with Crippen LogP contribution in [0.5, 0.6) is 11.5 Å². The first-order valence-corrected chi connectivity index (χ1v) is 6.40. The van der Waals surface area contributed by atoms with Gasteiger partial charge in [0.2, 0.25) is 6.79 Å². The van der Waals surface area contributed by atoms with E-state index in [2.05, 4.69) is 9.97 Å². The first kappa shape index (κ1) is 14.4. The van der Waals surface area contributed by atoms with Crippen molar-refractivity contribution < 1.29 is 22.6 Å². The lowest BCUT2D eigenvalue weighted by Gasteiger charge is -2.12. The van der Waals surface area contributed by atoms with Crippen LogP contribution < -0.4 is 15.0 Å². The van der Waals surface area contributed by atoms with Gasteiger partial charge in [-0.05, 0) is 24.6 Å². The number of halogens is 3. The normalized spacial score (nSPS) is 13.5. The van der Waals surface area contributed by atoms with Crippen molar-refractivity contribution in [3.63, 3.8) is 0 Å². The number of ether oxygens (including phenoxy) is 2. The van der Waals surface area contributed by atoms with Crippen molar-refractivity contribution in [1.29, 1.82) is 0 Å². The zero-order chi connectivity index (χ0) is 15.9. The maximum Gasteiger partial charge on any atom is 0.433 e. The number of hydrogen-bond acceptors (Lipinski definition) is 4. The number of benzene rings is 1. The molecule has 0 atom stereocenters. The number of H-pyrrole nitrogens is 1. The Morgan fingerprint density at radius 1 is 1.27 bits per heavy atom. The van der Waals surface area contributed by atoms with Crippen molar-refractivity contribution in [3.8, 4) is 11.5 Å². The maximum atomic E-state index is 13.1. The van der Waals surface area contributed by atoms with Gasteiger partial charge < -0.3 is 14.5 Å². The van der Waals surface area contributed by atoms with Gasteiger partial charge in [-0.25, -0.2) is 4.98 Å². The van der Waals surface area contributed by atoms with Crippen LogP contribution in [0.1, 0.15) is 22.6 Å². The monoisotopic (exact) mass is 312 g/mol. The molecule has 1 aromatic heterocycles. The summed E-state index contributed by atoms with van der Waals surface area (Å²) in [5, 5.41) is 0. The SMILES string of the molecule is Cc1nc(C(F)(F)F)c(Cc2ccc3c(c2)OCO3)c(=O)[nH]1. The number of hydrogen-bond donors (Lipinski definition) is 1. The molecule has 22 heavy (non-hydrogen) atoms. The Hall–Kier alpha value is -2.51. The largest absolute Gasteiger partial charge is 0.454 e. The van der Waals surface area contributed by atoms with Gasteiger partial charge >= 0.3 is 6.18 Å². The number of rotatable bonds is 2. The zero-order valence-electron chi connectivity index (χ0n) is 11.5. The van der Waals surface area contributed by atoms with Crippen LogP contribution in [0.25, 0.3) is 0 Å². The number of aryl methyl sites for hydroxylation is 1. The second-order valence-corrected chi connectivity index (χ2v) is 4.84. The molecule has 2 aromatic rings. The summed E-state index contributed by atoms with van der Waals surface area (Å²) < 4.78 is 49.5. The first-order chi connectivity index (χ1) is 10.3. The molecule has 1 aliphatic heterocycles. The fraction of sp³-hybridized carbons (Fsp3) is 0.286. The van der Waals surface area contributed by atoms with E-state index in [4.69, 9.17) is 9.47 Å². The number of aromatic amines is 1. The van der Waals surface area contributed by atoms with Crippen LogP contribution in [0.4, 0.5) is 13.2 Å². The van der Waals surface area contributed by atoms with E-state index in [-0.39, 0.29) is 19.0 Å². The van der Waals surface area contributed by atoms with E-state index in [1.807, 2.05) is 0 Å². The van der Waals surface area contributed by atoms with E-state index >= 15 is 0 Å². The summed E-state index contributed by atoms with van der Waals surface area (Å²) in [6.07, 6.45) is -4.89. The van der Waals surface area contributed by atoms with E-state index < -0.39 is 23.0 Å². The van der Waals surface area contributed by atoms with Crippen LogP contribution in [-0.2, 0) is 12.6 Å². The van der Waals surface area contributed by atoms with Gasteiger partial charge in [-0.1, -0.05) is 6.07 Å². The Morgan fingerprint density at radius 3 is 2.73 bits per heavy atom. The van der Waals surface area contributed by atoms with Gasteiger partial charge in [-0.3, -0.25) is 4.79 Å². The van der Waals surface area contributed by atoms with Crippen molar-refractivity contribution in [1.82, 2.24) is 9.97 Å². The van der Waals surface area contributed by atoms with Gasteiger partial charge in [0.15, 0.2) is 17.2 Å². The molecule has 0 saturated carbocycles. The summed E-state index contributed by atoms with van der Waals surface area (Å²) >= 11 is 0. The summed E-state index contributed by atoms with van der Waals surface area (Å²) in [4.78, 5) is 17.6. The number of nitrogens with one attached hydrogen (secondary N) is 1. The lowest BCUT2D eigenvalue weighted by Crippen LogP contribution is -2.24. The van der Waals surface area contributed by atoms with Crippen molar-refractivity contribution in [2.75, 3.05) is 6.79 Å². The summed E-state index contributed by atoms with van der Waals surface area (Å²) in [5.41, 5.74) is -1.87. The third-order valence-electron chi connectivity index (χ3n) is 3.22. The summed E-state index contributed by atoms with van der Waals surface area (Å²) in [7, 11) is 0. The summed E-state index contributed by atoms with van der Waals surface area (Å²) in [6, 6.07) is 4.75. The average molecular weight is 312 g/mol. The molecule has 0 saturated heterocycles. The highest BCUT2D eigenvalue weighted by molar-refractivity contribution is 5.45. The summed E-state index contributed by atoms with van der Waals surface area (Å²) in [6.45, 7) is 1.38. The number of alkyl halides is 3. The predicted molar refractivity (Wildman–Crippen MR) is 70.0 cm³/mol. The molecular formula is C14H11F3N2O3. The Bertz CT molecular complexity index is 784. The van der Waals surface area contributed by atoms with Crippen LogP contribution in [0.15, 0.2) is 23.0 Å². The van der Waals surface area contributed by atoms with E-state index in [0.29, 0.717) is 17.1 Å². The van der Waals surface area contributed by atoms with E-state index in [9.17, 15) is 18.0 Å². The van der Waals surface area contributed by atoms with Crippen molar-refractivity contribution in [2.45, 2.75) is 19.5 Å². The molecule has 1 N–H and O–H groups in total. The molecule has 0 unspecified atom stereocenters. The minimum Gasteiger partial charge on any atom is -0.454 e. The number of nitrogens with zero attached hydrogens (tertiary/aromatic N) is 1. The van der Waals surface area contributed by atoms with Crippen molar-refractivity contribution in [2.24, 2.45) is 0 Å². The van der Waals surface area contributed by atoms with Gasteiger partial charge in [0.1, 0.15) is 5.82 Å². The highest BCUT2D eigenvalue weighted by atomic mass is 19.4. The third-order valence-corrected chi connectivity index (χ3v) is 3.22. The molecular weight excluding hydrogens is 301 g/mol. The van der Waals surface area contributed by atoms with Gasteiger partial charge in [-0.2, -0.15) is 13.2 Å². The zero-order valence-corrected chi connectivity index (χ0v) is 11.5. The molecule has 0 fully saturated rings. The van der Waals surface area contributed by atoms with E-state index in [1.165, 1.54) is 6.92 Å². The smallest absolute Gasteiger partial charge is 0.433 e. The van der Waals surface area contributed by atoms with Crippen LogP contribution in [-0.4, -0.2) is 16.8 Å². The highest BCUT2D eigenvalue weighted by Crippen LogP contribution is 2.34. The van der Waals surface area contributed by atoms with Crippen molar-refractivity contribution >= 4 is 0 Å². The topological polar surface area (TPSA) is 64.2 Å². The first-order valence-electron chi connectivity index (χ1n) is 6.40. The standard InChI is InChI=1S/C14H11F3N2O3/c1-7-18-12(14(15,16)17)9(13(20)19-7)4-8-2-3-10-11(5-8)22-6-21-10/h2-3,5H,4,6H2,1H3,(H,18,19,20). The second-order valence-electron chi connectivity index (χ2n) is 4.84. The van der Waals surface area contributed by atoms with E-state index in [0.717, 1.165) is 0 Å². The molecule has 0 radical (unpaired) electrons. The van der Waals surface area contributed by atoms with Gasteiger partial charge in [0, 0.05) is 6.42 Å². The third kappa shape index (κ3) is 2.63. The van der Waals surface area contributed by atoms with Crippen LogP contribution in [0.2, 0.25) is 0 Å². The van der Waals surface area contributed by atoms with Gasteiger partial charge in [0.05, 0.1) is 5.56 Å². The van der Waals surface area contributed by atoms with Gasteiger partial charge in [-0.15, -0.1) is 0 Å². The molecule has 1 aliphatic rings. The quantitative estimate of drug-likeness (QED) is 0.925. The van der Waals surface area contributed by atoms with Crippen LogP contribution in [0, 0.1) is 6.92 Å². The Balaban J connectivity index is 2.04. The fourth-order valence-electron chi connectivity index (χ4n) is 2.26. The second kappa shape index (κ2) is 5.04. The number of fused-ring (bicyclic) bond motifs is 1. The fourth-order valence-corrected chi connectivity index (χ4v) is 2.26. The lowest BCUT2D eigenvalue weighted by molar-refractivity contribution is -0.142. The molecule has 1 aromatic carbocycles. The highest BCUT2D eigenvalue weighted by Gasteiger charge is 2.37. The molecule has 0 bridgehead atoms. The molecule has 0 spiro atoms. The molecule has 116 valence electrons. The molecule has 5 nitrogen and oxygen atoms in total. The molecule has 8 heteroatoms. The Labute approximate surface area is 122 Å². The maximum absolute atomic E-state index is 13.1. The lowest BCUT2D eigenvalue weighted by atomic mass is 10.0. The minimum absolute atomic E-state index is 0.0687. The average Bonchev–Trinajstić information content (AvgIpc) is 2.87.